The fourth-order valence-corrected chi connectivity index (χ4v) is 2.20. The predicted octanol–water partition coefficient (Wildman–Crippen LogP) is 3.14. The van der Waals surface area contributed by atoms with Gasteiger partial charge < -0.3 is 15.9 Å². The van der Waals surface area contributed by atoms with E-state index in [1.807, 2.05) is 13.8 Å². The number of aliphatic hydroxyl groups excluding tert-OH is 2. The van der Waals surface area contributed by atoms with Crippen LogP contribution in [0.25, 0.3) is 0 Å². The van der Waals surface area contributed by atoms with Crippen LogP contribution >= 0.6 is 0 Å². The molecule has 0 aliphatic carbocycles. The Morgan fingerprint density at radius 2 is 1.64 bits per heavy atom. The lowest BCUT2D eigenvalue weighted by Crippen LogP contribution is -2.25. The number of rotatable bonds is 8. The monoisotopic (exact) mass is 358 g/mol. The van der Waals surface area contributed by atoms with Gasteiger partial charge in [-0.3, -0.25) is 4.99 Å². The van der Waals surface area contributed by atoms with Crippen LogP contribution in [-0.4, -0.2) is 41.7 Å². The molecule has 2 atom stereocenters. The summed E-state index contributed by atoms with van der Waals surface area (Å²) >= 11 is 0. The summed E-state index contributed by atoms with van der Waals surface area (Å²) < 4.78 is 25.9. The van der Waals surface area contributed by atoms with Gasteiger partial charge in [0.15, 0.2) is 0 Å². The van der Waals surface area contributed by atoms with Crippen LogP contribution in [0.1, 0.15) is 46.1 Å². The van der Waals surface area contributed by atoms with E-state index in [4.69, 9.17) is 15.9 Å². The van der Waals surface area contributed by atoms with Gasteiger partial charge in [-0.25, -0.2) is 8.78 Å². The number of nitrogens with zero attached hydrogens (tertiary/aromatic N) is 1. The van der Waals surface area contributed by atoms with Gasteiger partial charge in [-0.2, -0.15) is 0 Å². The molecule has 0 saturated heterocycles. The first-order chi connectivity index (χ1) is 11.7. The molecule has 0 radical (unpaired) electrons. The van der Waals surface area contributed by atoms with Gasteiger partial charge in [-0.1, -0.05) is 27.7 Å². The minimum atomic E-state index is -0.644. The lowest BCUT2D eigenvalue weighted by atomic mass is 10.1. The number of nitrogens with two attached hydrogens (primary N) is 1. The highest BCUT2D eigenvalue weighted by Gasteiger charge is 2.08. The number of benzene rings is 1. The molecule has 1 aromatic carbocycles. The van der Waals surface area contributed by atoms with E-state index in [2.05, 4.69) is 18.8 Å². The molecular weight excluding hydrogens is 326 g/mol. The lowest BCUT2D eigenvalue weighted by Gasteiger charge is -2.11. The summed E-state index contributed by atoms with van der Waals surface area (Å²) in [4.78, 5) is 4.11. The summed E-state index contributed by atoms with van der Waals surface area (Å²) in [5.74, 6) is -0.255. The second-order valence-electron chi connectivity index (χ2n) is 6.98. The normalized spacial score (nSPS) is 13.9. The van der Waals surface area contributed by atoms with Crippen molar-refractivity contribution in [1.29, 1.82) is 0 Å². The highest BCUT2D eigenvalue weighted by molar-refractivity contribution is 5.80. The average molecular weight is 358 g/mol. The van der Waals surface area contributed by atoms with Gasteiger partial charge in [0, 0.05) is 23.9 Å². The van der Waals surface area contributed by atoms with Crippen molar-refractivity contribution < 1.29 is 19.0 Å². The Balaban J connectivity index is 0.000000609. The van der Waals surface area contributed by atoms with E-state index in [0.717, 1.165) is 18.9 Å². The number of hydrogen-bond donors (Lipinski definition) is 3. The highest BCUT2D eigenvalue weighted by Crippen LogP contribution is 2.10. The van der Waals surface area contributed by atoms with E-state index in [1.165, 1.54) is 18.3 Å². The third-order valence-corrected chi connectivity index (χ3v) is 3.35. The standard InChI is InChI=1S/C13H17F2NO.C6H15NO/c1-9(2)5-12(8-17)16-7-10-3-4-11(14)6-13(10)15;1-5(2)3-6(7)4-8/h3-4,6-7,9,12,17H,5,8H2,1-2H3;5-6,8H,3-4,7H2,1-2H3/t12-;6-/m00/s1. The first-order valence-corrected chi connectivity index (χ1v) is 8.65. The molecule has 0 amide bonds. The molecule has 0 bridgehead atoms. The Labute approximate surface area is 149 Å². The van der Waals surface area contributed by atoms with E-state index in [9.17, 15) is 8.78 Å². The molecule has 4 N–H and O–H groups in total. The summed E-state index contributed by atoms with van der Waals surface area (Å²) in [6.45, 7) is 8.27. The number of aliphatic hydroxyl groups is 2. The molecule has 6 heteroatoms. The molecule has 0 spiro atoms. The van der Waals surface area contributed by atoms with Crippen LogP contribution < -0.4 is 5.73 Å². The van der Waals surface area contributed by atoms with Crippen molar-refractivity contribution >= 4 is 6.21 Å². The fraction of sp³-hybridized carbons (Fsp3) is 0.632. The van der Waals surface area contributed by atoms with Crippen molar-refractivity contribution in [2.45, 2.75) is 52.6 Å². The molecule has 0 unspecified atom stereocenters. The Morgan fingerprint density at radius 3 is 2.04 bits per heavy atom. The van der Waals surface area contributed by atoms with Crippen molar-refractivity contribution in [3.63, 3.8) is 0 Å². The Kier molecular flexibility index (Phi) is 12.2. The van der Waals surface area contributed by atoms with Crippen LogP contribution in [-0.2, 0) is 0 Å². The van der Waals surface area contributed by atoms with Gasteiger partial charge >= 0.3 is 0 Å². The van der Waals surface area contributed by atoms with E-state index in [0.29, 0.717) is 11.8 Å². The fourth-order valence-electron chi connectivity index (χ4n) is 2.20. The molecule has 144 valence electrons. The second-order valence-corrected chi connectivity index (χ2v) is 6.98. The predicted molar refractivity (Wildman–Crippen MR) is 98.8 cm³/mol. The average Bonchev–Trinajstić information content (AvgIpc) is 2.52. The number of halogens is 2. The molecule has 0 heterocycles. The van der Waals surface area contributed by atoms with Crippen LogP contribution in [0.5, 0.6) is 0 Å². The van der Waals surface area contributed by atoms with Crippen LogP contribution in [0.4, 0.5) is 8.78 Å². The van der Waals surface area contributed by atoms with Gasteiger partial charge in [0.2, 0.25) is 0 Å². The van der Waals surface area contributed by atoms with Crippen molar-refractivity contribution in [3.8, 4) is 0 Å². The van der Waals surface area contributed by atoms with E-state index >= 15 is 0 Å². The minimum Gasteiger partial charge on any atom is -0.395 e. The summed E-state index contributed by atoms with van der Waals surface area (Å²) in [5.41, 5.74) is 5.65. The Morgan fingerprint density at radius 1 is 1.04 bits per heavy atom. The quantitative estimate of drug-likeness (QED) is 0.625. The maximum absolute atomic E-state index is 13.3. The summed E-state index contributed by atoms with van der Waals surface area (Å²) in [5, 5.41) is 17.6. The van der Waals surface area contributed by atoms with Gasteiger partial charge in [0.1, 0.15) is 11.6 Å². The van der Waals surface area contributed by atoms with Crippen LogP contribution in [0, 0.1) is 23.5 Å². The summed E-state index contributed by atoms with van der Waals surface area (Å²) in [6.07, 6.45) is 2.99. The molecule has 4 nitrogen and oxygen atoms in total. The third kappa shape index (κ3) is 11.8. The minimum absolute atomic E-state index is 0.0185. The molecule has 0 aliphatic heterocycles. The zero-order chi connectivity index (χ0) is 19.4. The van der Waals surface area contributed by atoms with Crippen molar-refractivity contribution in [2.75, 3.05) is 13.2 Å². The molecule has 0 aromatic heterocycles. The first kappa shape index (κ1) is 23.6. The maximum atomic E-state index is 13.3. The van der Waals surface area contributed by atoms with Crippen molar-refractivity contribution in [3.05, 3.63) is 35.4 Å². The van der Waals surface area contributed by atoms with Gasteiger partial charge in [0.25, 0.3) is 0 Å². The van der Waals surface area contributed by atoms with Gasteiger partial charge in [-0.15, -0.1) is 0 Å². The summed E-state index contributed by atoms with van der Waals surface area (Å²) in [7, 11) is 0. The topological polar surface area (TPSA) is 78.8 Å². The first-order valence-electron chi connectivity index (χ1n) is 8.65. The zero-order valence-corrected chi connectivity index (χ0v) is 15.6. The van der Waals surface area contributed by atoms with Gasteiger partial charge in [0.05, 0.1) is 19.3 Å². The summed E-state index contributed by atoms with van der Waals surface area (Å²) in [6, 6.07) is 3.07. The SMILES string of the molecule is CC(C)C[C@@H](CO)N=Cc1ccc(F)cc1F.CC(C)C[C@H](N)CO. The molecule has 1 rings (SSSR count). The van der Waals surface area contributed by atoms with Crippen LogP contribution in [0.2, 0.25) is 0 Å². The van der Waals surface area contributed by atoms with Crippen molar-refractivity contribution in [1.82, 2.24) is 0 Å². The van der Waals surface area contributed by atoms with Crippen molar-refractivity contribution in [2.24, 2.45) is 22.6 Å². The van der Waals surface area contributed by atoms with E-state index in [1.54, 1.807) is 0 Å². The largest absolute Gasteiger partial charge is 0.395 e. The Bertz CT molecular complexity index is 508. The molecule has 1 aromatic rings. The molecule has 0 fully saturated rings. The maximum Gasteiger partial charge on any atom is 0.134 e. The number of aliphatic imine (C=N–C) groups is 1. The van der Waals surface area contributed by atoms with Crippen LogP contribution in [0.15, 0.2) is 23.2 Å². The smallest absolute Gasteiger partial charge is 0.134 e. The molecule has 0 aliphatic rings. The van der Waals surface area contributed by atoms with E-state index < -0.39 is 11.6 Å². The van der Waals surface area contributed by atoms with E-state index in [-0.39, 0.29) is 30.9 Å². The third-order valence-electron chi connectivity index (χ3n) is 3.35. The lowest BCUT2D eigenvalue weighted by molar-refractivity contribution is 0.250. The highest BCUT2D eigenvalue weighted by atomic mass is 19.1. The molecule has 25 heavy (non-hydrogen) atoms. The number of hydrogen-bond acceptors (Lipinski definition) is 4. The Hall–Kier alpha value is -1.37. The van der Waals surface area contributed by atoms with Gasteiger partial charge in [-0.05, 0) is 36.8 Å². The molecule has 0 saturated carbocycles. The molecular formula is C19H32F2N2O2. The zero-order valence-electron chi connectivity index (χ0n) is 15.6. The second kappa shape index (κ2) is 12.9. The van der Waals surface area contributed by atoms with Crippen LogP contribution in [0.3, 0.4) is 0 Å².